The lowest BCUT2D eigenvalue weighted by atomic mass is 10.1. The number of nitrogens with one attached hydrogen (secondary N) is 1. The van der Waals surface area contributed by atoms with Gasteiger partial charge in [-0.05, 0) is 19.1 Å². The Kier molecular flexibility index (Phi) is 5.15. The van der Waals surface area contributed by atoms with E-state index in [0.29, 0.717) is 21.3 Å². The van der Waals surface area contributed by atoms with Gasteiger partial charge in [-0.1, -0.05) is 41.7 Å². The maximum Gasteiger partial charge on any atom is 0.413 e. The van der Waals surface area contributed by atoms with Crippen LogP contribution < -0.4 is 5.32 Å². The molecule has 3 aromatic rings. The van der Waals surface area contributed by atoms with Crippen LogP contribution in [0.4, 0.5) is 9.93 Å². The van der Waals surface area contributed by atoms with Crippen LogP contribution in [-0.2, 0) is 4.74 Å². The van der Waals surface area contributed by atoms with Crippen LogP contribution in [0.3, 0.4) is 0 Å². The molecule has 3 rings (SSSR count). The van der Waals surface area contributed by atoms with Gasteiger partial charge in [-0.15, -0.1) is 0 Å². The minimum atomic E-state index is -0.598. The number of rotatable bonds is 5. The van der Waals surface area contributed by atoms with Gasteiger partial charge < -0.3 is 4.74 Å². The molecule has 0 bridgehead atoms. The van der Waals surface area contributed by atoms with Gasteiger partial charge >= 0.3 is 6.09 Å². The number of pyridine rings is 1. The molecule has 0 spiro atoms. The summed E-state index contributed by atoms with van der Waals surface area (Å²) in [6.07, 6.45) is 2.53. The van der Waals surface area contributed by atoms with E-state index >= 15 is 0 Å². The predicted molar refractivity (Wildman–Crippen MR) is 95.9 cm³/mol. The predicted octanol–water partition coefficient (Wildman–Crippen LogP) is 4.00. The van der Waals surface area contributed by atoms with Gasteiger partial charge in [0, 0.05) is 23.5 Å². The number of nitrogens with zero attached hydrogens (tertiary/aromatic N) is 2. The lowest BCUT2D eigenvalue weighted by Gasteiger charge is -2.01. The van der Waals surface area contributed by atoms with Gasteiger partial charge in [0.05, 0.1) is 12.3 Å². The molecular formula is C18H15N3O3S. The van der Waals surface area contributed by atoms with Crippen molar-refractivity contribution in [2.24, 2.45) is 0 Å². The minimum Gasteiger partial charge on any atom is -0.450 e. The van der Waals surface area contributed by atoms with Gasteiger partial charge in [0.2, 0.25) is 5.78 Å². The molecule has 0 saturated carbocycles. The SMILES string of the molecule is CCOC(=O)Nc1nc(-c2ccccc2)c(C(=O)c2ccncc2)s1. The van der Waals surface area contributed by atoms with Gasteiger partial charge in [0.25, 0.3) is 0 Å². The van der Waals surface area contributed by atoms with E-state index in [1.165, 1.54) is 0 Å². The van der Waals surface area contributed by atoms with E-state index < -0.39 is 6.09 Å². The first kappa shape index (κ1) is 16.8. The zero-order valence-corrected chi connectivity index (χ0v) is 14.2. The van der Waals surface area contributed by atoms with Gasteiger partial charge in [0.15, 0.2) is 5.13 Å². The van der Waals surface area contributed by atoms with Gasteiger partial charge in [-0.2, -0.15) is 0 Å². The zero-order chi connectivity index (χ0) is 17.6. The highest BCUT2D eigenvalue weighted by atomic mass is 32.1. The third kappa shape index (κ3) is 3.89. The number of carbonyl (C=O) groups excluding carboxylic acids is 2. The van der Waals surface area contributed by atoms with Crippen LogP contribution in [0.1, 0.15) is 22.2 Å². The molecule has 7 heteroatoms. The highest BCUT2D eigenvalue weighted by molar-refractivity contribution is 7.18. The molecule has 0 saturated heterocycles. The quantitative estimate of drug-likeness (QED) is 0.701. The number of ether oxygens (including phenoxy) is 1. The molecule has 1 aromatic carbocycles. The number of ketones is 1. The normalized spacial score (nSPS) is 10.3. The van der Waals surface area contributed by atoms with Crippen molar-refractivity contribution in [1.29, 1.82) is 0 Å². The third-order valence-corrected chi connectivity index (χ3v) is 4.28. The first-order valence-corrected chi connectivity index (χ1v) is 8.45. The van der Waals surface area contributed by atoms with Gasteiger partial charge in [0.1, 0.15) is 4.88 Å². The van der Waals surface area contributed by atoms with E-state index in [0.717, 1.165) is 16.9 Å². The van der Waals surface area contributed by atoms with E-state index in [2.05, 4.69) is 15.3 Å². The molecule has 1 N–H and O–H groups in total. The van der Waals surface area contributed by atoms with Crippen molar-refractivity contribution in [1.82, 2.24) is 9.97 Å². The summed E-state index contributed by atoms with van der Waals surface area (Å²) < 4.78 is 4.87. The molecule has 1 amide bonds. The Balaban J connectivity index is 2.01. The number of hydrogen-bond acceptors (Lipinski definition) is 6. The molecule has 0 aliphatic heterocycles. The fraction of sp³-hybridized carbons (Fsp3) is 0.111. The number of hydrogen-bond donors (Lipinski definition) is 1. The van der Waals surface area contributed by atoms with Crippen LogP contribution in [0, 0.1) is 0 Å². The van der Waals surface area contributed by atoms with Crippen LogP contribution >= 0.6 is 11.3 Å². The maximum absolute atomic E-state index is 12.9. The summed E-state index contributed by atoms with van der Waals surface area (Å²) >= 11 is 1.12. The van der Waals surface area contributed by atoms with Crippen molar-refractivity contribution in [2.45, 2.75) is 6.92 Å². The van der Waals surface area contributed by atoms with E-state index in [1.54, 1.807) is 31.5 Å². The zero-order valence-electron chi connectivity index (χ0n) is 13.4. The Morgan fingerprint density at radius 3 is 2.52 bits per heavy atom. The van der Waals surface area contributed by atoms with Gasteiger partial charge in [-0.3, -0.25) is 15.1 Å². The fourth-order valence-electron chi connectivity index (χ4n) is 2.21. The maximum atomic E-state index is 12.9. The van der Waals surface area contributed by atoms with Crippen LogP contribution in [0.25, 0.3) is 11.3 Å². The Labute approximate surface area is 148 Å². The summed E-state index contributed by atoms with van der Waals surface area (Å²) in [6, 6.07) is 12.7. The minimum absolute atomic E-state index is 0.171. The van der Waals surface area contributed by atoms with Crippen molar-refractivity contribution in [3.63, 3.8) is 0 Å². The molecule has 0 fully saturated rings. The highest BCUT2D eigenvalue weighted by Gasteiger charge is 2.21. The molecule has 0 radical (unpaired) electrons. The largest absolute Gasteiger partial charge is 0.450 e. The second kappa shape index (κ2) is 7.67. The third-order valence-electron chi connectivity index (χ3n) is 3.31. The van der Waals surface area contributed by atoms with Crippen LogP contribution in [0.15, 0.2) is 54.9 Å². The Bertz CT molecular complexity index is 879. The number of benzene rings is 1. The standard InChI is InChI=1S/C18H15N3O3S/c1-2-24-18(23)21-17-20-14(12-6-4-3-5-7-12)16(25-17)15(22)13-8-10-19-11-9-13/h3-11H,2H2,1H3,(H,20,21,23). The summed E-state index contributed by atoms with van der Waals surface area (Å²) in [7, 11) is 0. The Morgan fingerprint density at radius 2 is 1.84 bits per heavy atom. The van der Waals surface area contributed by atoms with E-state index in [4.69, 9.17) is 4.74 Å². The van der Waals surface area contributed by atoms with Crippen LogP contribution in [0.5, 0.6) is 0 Å². The summed E-state index contributed by atoms with van der Waals surface area (Å²) in [4.78, 5) is 33.3. The van der Waals surface area contributed by atoms with Crippen molar-refractivity contribution in [3.8, 4) is 11.3 Å². The highest BCUT2D eigenvalue weighted by Crippen LogP contribution is 2.33. The summed E-state index contributed by atoms with van der Waals surface area (Å²) in [5.74, 6) is -0.171. The molecule has 0 aliphatic carbocycles. The van der Waals surface area contributed by atoms with Gasteiger partial charge in [-0.25, -0.2) is 9.78 Å². The smallest absolute Gasteiger partial charge is 0.413 e. The van der Waals surface area contributed by atoms with Crippen LogP contribution in [-0.4, -0.2) is 28.5 Å². The lowest BCUT2D eigenvalue weighted by Crippen LogP contribution is -2.12. The Hall–Kier alpha value is -3.06. The fourth-order valence-corrected chi connectivity index (χ4v) is 3.14. The summed E-state index contributed by atoms with van der Waals surface area (Å²) in [6.45, 7) is 1.97. The topological polar surface area (TPSA) is 81.2 Å². The molecule has 0 atom stereocenters. The molecule has 0 unspecified atom stereocenters. The van der Waals surface area contributed by atoms with E-state index in [-0.39, 0.29) is 12.4 Å². The van der Waals surface area contributed by atoms with Crippen molar-refractivity contribution < 1.29 is 14.3 Å². The number of carbonyl (C=O) groups is 2. The number of anilines is 1. The number of thiazole rings is 1. The molecular weight excluding hydrogens is 338 g/mol. The van der Waals surface area contributed by atoms with Crippen molar-refractivity contribution >= 4 is 28.3 Å². The lowest BCUT2D eigenvalue weighted by molar-refractivity contribution is 0.104. The molecule has 2 aromatic heterocycles. The van der Waals surface area contributed by atoms with E-state index in [9.17, 15) is 9.59 Å². The summed E-state index contributed by atoms with van der Waals surface area (Å²) in [5.41, 5.74) is 1.84. The first-order chi connectivity index (χ1) is 12.2. The van der Waals surface area contributed by atoms with Crippen molar-refractivity contribution in [3.05, 3.63) is 65.3 Å². The second-order valence-corrected chi connectivity index (χ2v) is 5.97. The average molecular weight is 353 g/mol. The molecule has 0 aliphatic rings. The van der Waals surface area contributed by atoms with Crippen LogP contribution in [0.2, 0.25) is 0 Å². The number of amides is 1. The Morgan fingerprint density at radius 1 is 1.12 bits per heavy atom. The second-order valence-electron chi connectivity index (χ2n) is 4.97. The average Bonchev–Trinajstić information content (AvgIpc) is 3.06. The molecule has 2 heterocycles. The molecule has 6 nitrogen and oxygen atoms in total. The summed E-state index contributed by atoms with van der Waals surface area (Å²) in [5, 5.41) is 2.88. The monoisotopic (exact) mass is 353 g/mol. The van der Waals surface area contributed by atoms with Crippen molar-refractivity contribution in [2.75, 3.05) is 11.9 Å². The molecule has 126 valence electrons. The number of aromatic nitrogens is 2. The van der Waals surface area contributed by atoms with E-state index in [1.807, 2.05) is 30.3 Å². The first-order valence-electron chi connectivity index (χ1n) is 7.63. The molecule has 25 heavy (non-hydrogen) atoms.